The van der Waals surface area contributed by atoms with Crippen LogP contribution in [0.5, 0.6) is 0 Å². The molecule has 0 saturated carbocycles. The number of nitrogens with zero attached hydrogens (tertiary/aromatic N) is 1. The number of hydrogen-bond donors (Lipinski definition) is 1. The monoisotopic (exact) mass is 296 g/mol. The highest BCUT2D eigenvalue weighted by Crippen LogP contribution is 2.31. The van der Waals surface area contributed by atoms with Crippen LogP contribution >= 0.6 is 0 Å². The van der Waals surface area contributed by atoms with Crippen molar-refractivity contribution in [2.24, 2.45) is 23.2 Å². The second-order valence-corrected chi connectivity index (χ2v) is 8.60. The summed E-state index contributed by atoms with van der Waals surface area (Å²) in [5.74, 6) is 2.01. The highest BCUT2D eigenvalue weighted by Gasteiger charge is 2.41. The van der Waals surface area contributed by atoms with Crippen LogP contribution in [-0.2, 0) is 4.79 Å². The van der Waals surface area contributed by atoms with E-state index in [1.54, 1.807) is 0 Å². The van der Waals surface area contributed by atoms with Crippen LogP contribution in [-0.4, -0.2) is 29.6 Å². The molecule has 2 atom stereocenters. The molecule has 0 aromatic carbocycles. The molecule has 1 amide bonds. The molecule has 21 heavy (non-hydrogen) atoms. The molecule has 1 fully saturated rings. The molecule has 0 aliphatic carbocycles. The highest BCUT2D eigenvalue weighted by molar-refractivity contribution is 5.84. The lowest BCUT2D eigenvalue weighted by atomic mass is 9.80. The zero-order chi connectivity index (χ0) is 16.4. The van der Waals surface area contributed by atoms with Gasteiger partial charge in [-0.25, -0.2) is 0 Å². The van der Waals surface area contributed by atoms with Gasteiger partial charge in [-0.2, -0.15) is 0 Å². The summed E-state index contributed by atoms with van der Waals surface area (Å²) >= 11 is 0. The maximum atomic E-state index is 12.8. The van der Waals surface area contributed by atoms with E-state index in [9.17, 15) is 4.79 Å². The van der Waals surface area contributed by atoms with Crippen molar-refractivity contribution in [3.63, 3.8) is 0 Å². The van der Waals surface area contributed by atoms with Crippen LogP contribution in [0.4, 0.5) is 0 Å². The van der Waals surface area contributed by atoms with Crippen molar-refractivity contribution < 1.29 is 4.79 Å². The lowest BCUT2D eigenvalue weighted by molar-refractivity contribution is -0.132. The summed E-state index contributed by atoms with van der Waals surface area (Å²) in [5.41, 5.74) is 0.152. The fourth-order valence-corrected chi connectivity index (χ4v) is 2.84. The molecule has 0 aromatic rings. The number of amides is 1. The Balaban J connectivity index is 2.87. The van der Waals surface area contributed by atoms with E-state index in [0.717, 1.165) is 19.4 Å². The first-order valence-electron chi connectivity index (χ1n) is 8.61. The third-order valence-electron chi connectivity index (χ3n) is 4.89. The third kappa shape index (κ3) is 4.98. The van der Waals surface area contributed by atoms with Gasteiger partial charge >= 0.3 is 0 Å². The predicted molar refractivity (Wildman–Crippen MR) is 90.0 cm³/mol. The van der Waals surface area contributed by atoms with E-state index in [1.807, 2.05) is 0 Å². The van der Waals surface area contributed by atoms with Gasteiger partial charge in [0.2, 0.25) is 5.91 Å². The standard InChI is InChI=1S/C18H36N2O/c1-12(2)9-15-17(21)20(11-18(7,8)14(5)6)16(19-15)10-13(3)4/h12-16,19H,9-11H2,1-8H3. The molecule has 3 heteroatoms. The molecule has 1 aliphatic rings. The highest BCUT2D eigenvalue weighted by atomic mass is 16.2. The zero-order valence-electron chi connectivity index (χ0n) is 15.4. The van der Waals surface area contributed by atoms with Gasteiger partial charge in [0.15, 0.2) is 0 Å². The molecule has 1 N–H and O–H groups in total. The smallest absolute Gasteiger partial charge is 0.241 e. The molecule has 0 spiro atoms. The van der Waals surface area contributed by atoms with Crippen molar-refractivity contribution in [1.29, 1.82) is 0 Å². The molecule has 0 aromatic heterocycles. The Morgan fingerprint density at radius 3 is 2.00 bits per heavy atom. The summed E-state index contributed by atoms with van der Waals surface area (Å²) in [6.45, 7) is 18.7. The Morgan fingerprint density at radius 1 is 1.05 bits per heavy atom. The first-order chi connectivity index (χ1) is 9.54. The van der Waals surface area contributed by atoms with Gasteiger partial charge in [-0.3, -0.25) is 10.1 Å². The Kier molecular flexibility index (Phi) is 6.27. The van der Waals surface area contributed by atoms with E-state index in [4.69, 9.17) is 0 Å². The zero-order valence-corrected chi connectivity index (χ0v) is 15.4. The number of hydrogen-bond acceptors (Lipinski definition) is 2. The lowest BCUT2D eigenvalue weighted by Crippen LogP contribution is -2.45. The molecule has 1 saturated heterocycles. The van der Waals surface area contributed by atoms with Crippen LogP contribution in [0.15, 0.2) is 0 Å². The molecule has 124 valence electrons. The summed E-state index contributed by atoms with van der Waals surface area (Å²) in [4.78, 5) is 14.9. The minimum absolute atomic E-state index is 0.0108. The number of carbonyl (C=O) groups excluding carboxylic acids is 1. The largest absolute Gasteiger partial charge is 0.325 e. The fraction of sp³-hybridized carbons (Fsp3) is 0.944. The van der Waals surface area contributed by atoms with E-state index in [-0.39, 0.29) is 17.6 Å². The molecule has 3 nitrogen and oxygen atoms in total. The van der Waals surface area contributed by atoms with E-state index in [1.165, 1.54) is 0 Å². The summed E-state index contributed by atoms with van der Waals surface area (Å²) in [6, 6.07) is 0.0108. The van der Waals surface area contributed by atoms with Crippen molar-refractivity contribution in [2.75, 3.05) is 6.54 Å². The van der Waals surface area contributed by atoms with E-state index in [0.29, 0.717) is 23.7 Å². The minimum Gasteiger partial charge on any atom is -0.325 e. The summed E-state index contributed by atoms with van der Waals surface area (Å²) < 4.78 is 0. The van der Waals surface area contributed by atoms with Crippen LogP contribution in [0, 0.1) is 23.2 Å². The second kappa shape index (κ2) is 7.13. The van der Waals surface area contributed by atoms with Gasteiger partial charge in [-0.15, -0.1) is 0 Å². The number of rotatable bonds is 7. The van der Waals surface area contributed by atoms with Crippen LogP contribution < -0.4 is 5.32 Å². The maximum Gasteiger partial charge on any atom is 0.241 e. The minimum atomic E-state index is 0.0108. The molecule has 0 radical (unpaired) electrons. The fourth-order valence-electron chi connectivity index (χ4n) is 2.84. The molecule has 1 aliphatic heterocycles. The average molecular weight is 296 g/mol. The van der Waals surface area contributed by atoms with Gasteiger partial charge in [0, 0.05) is 6.54 Å². The Bertz CT molecular complexity index is 347. The van der Waals surface area contributed by atoms with Crippen LogP contribution in [0.1, 0.15) is 68.2 Å². The summed E-state index contributed by atoms with van der Waals surface area (Å²) in [6.07, 6.45) is 2.18. The molecule has 0 bridgehead atoms. The van der Waals surface area contributed by atoms with Crippen LogP contribution in [0.25, 0.3) is 0 Å². The average Bonchev–Trinajstić information content (AvgIpc) is 2.55. The summed E-state index contributed by atoms with van der Waals surface area (Å²) in [5, 5.41) is 3.59. The topological polar surface area (TPSA) is 32.3 Å². The normalized spacial score (nSPS) is 24.0. The summed E-state index contributed by atoms with van der Waals surface area (Å²) in [7, 11) is 0. The van der Waals surface area contributed by atoms with E-state index in [2.05, 4.69) is 65.6 Å². The Hall–Kier alpha value is -0.570. The van der Waals surface area contributed by atoms with Crippen molar-refractivity contribution in [3.05, 3.63) is 0 Å². The maximum absolute atomic E-state index is 12.8. The first-order valence-corrected chi connectivity index (χ1v) is 8.61. The van der Waals surface area contributed by atoms with E-state index < -0.39 is 0 Å². The van der Waals surface area contributed by atoms with Gasteiger partial charge in [0.1, 0.15) is 0 Å². The molecule has 1 rings (SSSR count). The number of carbonyl (C=O) groups is 1. The Labute approximate surface area is 131 Å². The second-order valence-electron chi connectivity index (χ2n) is 8.60. The lowest BCUT2D eigenvalue weighted by Gasteiger charge is -2.36. The van der Waals surface area contributed by atoms with Crippen LogP contribution in [0.3, 0.4) is 0 Å². The first kappa shape index (κ1) is 18.5. The Morgan fingerprint density at radius 2 is 1.57 bits per heavy atom. The third-order valence-corrected chi connectivity index (χ3v) is 4.89. The van der Waals surface area contributed by atoms with Crippen molar-refractivity contribution in [3.8, 4) is 0 Å². The predicted octanol–water partition coefficient (Wildman–Crippen LogP) is 3.89. The molecule has 1 heterocycles. The molecular weight excluding hydrogens is 260 g/mol. The SMILES string of the molecule is CC(C)CC1NC(CC(C)C)N(CC(C)(C)C(C)C)C1=O. The van der Waals surface area contributed by atoms with Gasteiger partial charge in [0.25, 0.3) is 0 Å². The van der Waals surface area contributed by atoms with Gasteiger partial charge in [0.05, 0.1) is 12.2 Å². The number of nitrogens with one attached hydrogen (secondary N) is 1. The van der Waals surface area contributed by atoms with Gasteiger partial charge < -0.3 is 4.90 Å². The quantitative estimate of drug-likeness (QED) is 0.773. The van der Waals surface area contributed by atoms with Crippen molar-refractivity contribution >= 4 is 5.91 Å². The van der Waals surface area contributed by atoms with Crippen molar-refractivity contribution in [2.45, 2.75) is 80.4 Å². The van der Waals surface area contributed by atoms with Crippen molar-refractivity contribution in [1.82, 2.24) is 10.2 Å². The van der Waals surface area contributed by atoms with Gasteiger partial charge in [-0.1, -0.05) is 55.4 Å². The van der Waals surface area contributed by atoms with Crippen LogP contribution in [0.2, 0.25) is 0 Å². The molecular formula is C18H36N2O. The molecule has 2 unspecified atom stereocenters. The van der Waals surface area contributed by atoms with E-state index >= 15 is 0 Å². The van der Waals surface area contributed by atoms with Gasteiger partial charge in [-0.05, 0) is 36.0 Å².